The minimum absolute atomic E-state index is 0.143. The lowest BCUT2D eigenvalue weighted by atomic mass is 10.1. The highest BCUT2D eigenvalue weighted by atomic mass is 35.5. The van der Waals surface area contributed by atoms with Gasteiger partial charge in [-0.15, -0.1) is 0 Å². The first-order valence-corrected chi connectivity index (χ1v) is 8.91. The summed E-state index contributed by atoms with van der Waals surface area (Å²) >= 11 is 5.83. The van der Waals surface area contributed by atoms with E-state index in [9.17, 15) is 13.5 Å². The summed E-state index contributed by atoms with van der Waals surface area (Å²) in [5.74, 6) is 0. The molecule has 7 heteroatoms. The third-order valence-corrected chi connectivity index (χ3v) is 5.79. The first-order valence-electron chi connectivity index (χ1n) is 7.09. The van der Waals surface area contributed by atoms with E-state index < -0.39 is 10.2 Å². The predicted octanol–water partition coefficient (Wildman–Crippen LogP) is 2.08. The molecule has 118 valence electrons. The number of piperidine rings is 1. The Morgan fingerprint density at radius 2 is 2.05 bits per heavy atom. The summed E-state index contributed by atoms with van der Waals surface area (Å²) < 4.78 is 29.0. The number of halogens is 1. The van der Waals surface area contributed by atoms with Crippen LogP contribution in [0.4, 0.5) is 0 Å². The Hall–Kier alpha value is -0.660. The van der Waals surface area contributed by atoms with Crippen molar-refractivity contribution in [2.45, 2.75) is 38.3 Å². The van der Waals surface area contributed by atoms with Crippen LogP contribution >= 0.6 is 11.6 Å². The van der Waals surface area contributed by atoms with Gasteiger partial charge < -0.3 is 5.11 Å². The molecular formula is C14H21ClN2O3S. The van der Waals surface area contributed by atoms with Gasteiger partial charge in [0.1, 0.15) is 0 Å². The maximum Gasteiger partial charge on any atom is 0.280 e. The molecular weight excluding hydrogens is 312 g/mol. The van der Waals surface area contributed by atoms with Crippen molar-refractivity contribution in [1.29, 1.82) is 0 Å². The molecule has 0 saturated carbocycles. The first kappa shape index (κ1) is 16.7. The fourth-order valence-corrected chi connectivity index (χ4v) is 4.36. The van der Waals surface area contributed by atoms with Crippen molar-refractivity contribution in [3.63, 3.8) is 0 Å². The number of aliphatic hydroxyl groups excluding tert-OH is 1. The SMILES string of the molecule is CC(NS(=O)(=O)N1CCCCC1CO)c1ccc(Cl)cc1. The Morgan fingerprint density at radius 1 is 1.38 bits per heavy atom. The normalized spacial score (nSPS) is 22.1. The quantitative estimate of drug-likeness (QED) is 0.867. The topological polar surface area (TPSA) is 69.6 Å². The third-order valence-electron chi connectivity index (χ3n) is 3.79. The van der Waals surface area contributed by atoms with Gasteiger partial charge in [-0.25, -0.2) is 0 Å². The number of rotatable bonds is 5. The summed E-state index contributed by atoms with van der Waals surface area (Å²) in [6, 6.07) is 6.39. The van der Waals surface area contributed by atoms with E-state index in [1.807, 2.05) is 0 Å². The summed E-state index contributed by atoms with van der Waals surface area (Å²) in [5.41, 5.74) is 0.848. The Kier molecular flexibility index (Phi) is 5.62. The minimum Gasteiger partial charge on any atom is -0.395 e. The predicted molar refractivity (Wildman–Crippen MR) is 83.4 cm³/mol. The Balaban J connectivity index is 2.10. The second kappa shape index (κ2) is 7.07. The van der Waals surface area contributed by atoms with E-state index >= 15 is 0 Å². The number of aliphatic hydroxyl groups is 1. The summed E-state index contributed by atoms with van der Waals surface area (Å²) in [5, 5.41) is 9.97. The van der Waals surface area contributed by atoms with Crippen LogP contribution in [0.2, 0.25) is 5.02 Å². The largest absolute Gasteiger partial charge is 0.395 e. The number of nitrogens with zero attached hydrogens (tertiary/aromatic N) is 1. The van der Waals surface area contributed by atoms with Crippen molar-refractivity contribution in [2.24, 2.45) is 0 Å². The van der Waals surface area contributed by atoms with Crippen molar-refractivity contribution < 1.29 is 13.5 Å². The molecule has 2 unspecified atom stereocenters. The van der Waals surface area contributed by atoms with E-state index in [0.29, 0.717) is 18.0 Å². The van der Waals surface area contributed by atoms with E-state index in [-0.39, 0.29) is 18.7 Å². The van der Waals surface area contributed by atoms with Crippen LogP contribution in [-0.2, 0) is 10.2 Å². The summed E-state index contributed by atoms with van der Waals surface area (Å²) in [6.07, 6.45) is 2.48. The second-order valence-electron chi connectivity index (χ2n) is 5.34. The molecule has 1 saturated heterocycles. The molecule has 0 spiro atoms. The highest BCUT2D eigenvalue weighted by Crippen LogP contribution is 2.22. The van der Waals surface area contributed by atoms with Crippen molar-refractivity contribution in [3.8, 4) is 0 Å². The maximum atomic E-state index is 12.5. The molecule has 0 aliphatic carbocycles. The van der Waals surface area contributed by atoms with Gasteiger partial charge in [0.05, 0.1) is 6.61 Å². The third kappa shape index (κ3) is 4.17. The van der Waals surface area contributed by atoms with Gasteiger partial charge >= 0.3 is 0 Å². The summed E-state index contributed by atoms with van der Waals surface area (Å²) in [7, 11) is -3.61. The van der Waals surface area contributed by atoms with Crippen LogP contribution in [0, 0.1) is 0 Å². The molecule has 1 heterocycles. The molecule has 2 rings (SSSR count). The molecule has 21 heavy (non-hydrogen) atoms. The van der Waals surface area contributed by atoms with Crippen LogP contribution in [0.25, 0.3) is 0 Å². The van der Waals surface area contributed by atoms with E-state index in [2.05, 4.69) is 4.72 Å². The van der Waals surface area contributed by atoms with Crippen molar-refractivity contribution in [1.82, 2.24) is 9.03 Å². The average molecular weight is 333 g/mol. The van der Waals surface area contributed by atoms with Crippen LogP contribution in [-0.4, -0.2) is 37.0 Å². The van der Waals surface area contributed by atoms with Gasteiger partial charge in [-0.1, -0.05) is 30.2 Å². The van der Waals surface area contributed by atoms with Crippen molar-refractivity contribution in [2.75, 3.05) is 13.2 Å². The zero-order chi connectivity index (χ0) is 15.5. The van der Waals surface area contributed by atoms with Gasteiger partial charge in [0.25, 0.3) is 10.2 Å². The number of benzene rings is 1. The van der Waals surface area contributed by atoms with Gasteiger partial charge in [0.15, 0.2) is 0 Å². The van der Waals surface area contributed by atoms with Gasteiger partial charge in [-0.05, 0) is 37.5 Å². The lowest BCUT2D eigenvalue weighted by Gasteiger charge is -2.34. The molecule has 1 aromatic carbocycles. The smallest absolute Gasteiger partial charge is 0.280 e. The van der Waals surface area contributed by atoms with E-state index in [1.54, 1.807) is 31.2 Å². The Morgan fingerprint density at radius 3 is 2.67 bits per heavy atom. The van der Waals surface area contributed by atoms with Crippen LogP contribution in [0.1, 0.15) is 37.8 Å². The van der Waals surface area contributed by atoms with Gasteiger partial charge in [-0.2, -0.15) is 17.4 Å². The lowest BCUT2D eigenvalue weighted by Crippen LogP contribution is -2.50. The molecule has 0 aromatic heterocycles. The Bertz CT molecular complexity index is 562. The maximum absolute atomic E-state index is 12.5. The molecule has 2 N–H and O–H groups in total. The minimum atomic E-state index is -3.61. The molecule has 1 aromatic rings. The highest BCUT2D eigenvalue weighted by molar-refractivity contribution is 7.87. The van der Waals surface area contributed by atoms with E-state index in [1.165, 1.54) is 4.31 Å². The highest BCUT2D eigenvalue weighted by Gasteiger charge is 2.32. The monoisotopic (exact) mass is 332 g/mol. The number of hydrogen-bond donors (Lipinski definition) is 2. The van der Waals surface area contributed by atoms with Crippen molar-refractivity contribution in [3.05, 3.63) is 34.9 Å². The number of nitrogens with one attached hydrogen (secondary N) is 1. The van der Waals surface area contributed by atoms with Crippen LogP contribution in [0.3, 0.4) is 0 Å². The lowest BCUT2D eigenvalue weighted by molar-refractivity contribution is 0.153. The van der Waals surface area contributed by atoms with Gasteiger partial charge in [0, 0.05) is 23.7 Å². The van der Waals surface area contributed by atoms with Crippen LogP contribution in [0.5, 0.6) is 0 Å². The zero-order valence-corrected chi connectivity index (χ0v) is 13.6. The number of hydrogen-bond acceptors (Lipinski definition) is 3. The molecule has 1 aliphatic heterocycles. The standard InChI is InChI=1S/C14H21ClN2O3S/c1-11(12-5-7-13(15)8-6-12)16-21(19,20)17-9-3-2-4-14(17)10-18/h5-8,11,14,16,18H,2-4,9-10H2,1H3. The molecule has 0 radical (unpaired) electrons. The Labute approximate surface area is 131 Å². The molecule has 2 atom stereocenters. The molecule has 5 nitrogen and oxygen atoms in total. The fraction of sp³-hybridized carbons (Fsp3) is 0.571. The summed E-state index contributed by atoms with van der Waals surface area (Å²) in [6.45, 7) is 2.10. The van der Waals surface area contributed by atoms with Gasteiger partial charge in [0.2, 0.25) is 0 Å². The summed E-state index contributed by atoms with van der Waals surface area (Å²) in [4.78, 5) is 0. The molecule has 1 fully saturated rings. The molecule has 1 aliphatic rings. The fourth-order valence-electron chi connectivity index (χ4n) is 2.58. The van der Waals surface area contributed by atoms with Crippen LogP contribution < -0.4 is 4.72 Å². The van der Waals surface area contributed by atoms with E-state index in [4.69, 9.17) is 11.6 Å². The van der Waals surface area contributed by atoms with Crippen molar-refractivity contribution >= 4 is 21.8 Å². The van der Waals surface area contributed by atoms with E-state index in [0.717, 1.165) is 18.4 Å². The second-order valence-corrected chi connectivity index (χ2v) is 7.43. The first-order chi connectivity index (χ1) is 9.94. The van der Waals surface area contributed by atoms with Crippen LogP contribution in [0.15, 0.2) is 24.3 Å². The molecule has 0 bridgehead atoms. The molecule has 0 amide bonds. The zero-order valence-electron chi connectivity index (χ0n) is 12.0. The van der Waals surface area contributed by atoms with Gasteiger partial charge in [-0.3, -0.25) is 0 Å². The average Bonchev–Trinajstić information content (AvgIpc) is 2.47.